The number of hydrogen-bond acceptors (Lipinski definition) is 5. The van der Waals surface area contributed by atoms with E-state index in [1.807, 2.05) is 0 Å². The summed E-state index contributed by atoms with van der Waals surface area (Å²) in [7, 11) is 0. The highest BCUT2D eigenvalue weighted by Crippen LogP contribution is 2.21. The number of tetrazole rings is 1. The van der Waals surface area contributed by atoms with E-state index in [4.69, 9.17) is 5.11 Å². The quantitative estimate of drug-likeness (QED) is 0.704. The van der Waals surface area contributed by atoms with Crippen LogP contribution in [0.25, 0.3) is 11.4 Å². The van der Waals surface area contributed by atoms with Gasteiger partial charge in [-0.2, -0.15) is 5.21 Å². The smallest absolute Gasteiger partial charge is 0.306 e. The average molecular weight is 234 g/mol. The van der Waals surface area contributed by atoms with Crippen LogP contribution in [0.4, 0.5) is 0 Å². The van der Waals surface area contributed by atoms with Gasteiger partial charge in [0.25, 0.3) is 0 Å². The molecular weight excluding hydrogens is 224 g/mol. The van der Waals surface area contributed by atoms with Gasteiger partial charge in [-0.3, -0.25) is 4.79 Å². The van der Waals surface area contributed by atoms with Gasteiger partial charge in [-0.15, -0.1) is 10.2 Å². The molecule has 0 spiro atoms. The van der Waals surface area contributed by atoms with Gasteiger partial charge in [0.2, 0.25) is 5.82 Å². The number of carboxylic acid groups (broad SMARTS) is 1. The second kappa shape index (κ2) is 4.71. The van der Waals surface area contributed by atoms with Crippen LogP contribution in [0.3, 0.4) is 0 Å². The van der Waals surface area contributed by atoms with Gasteiger partial charge in [0, 0.05) is 5.56 Å². The van der Waals surface area contributed by atoms with Gasteiger partial charge in [0.15, 0.2) is 0 Å². The molecule has 0 saturated carbocycles. The first-order chi connectivity index (χ1) is 8.16. The number of carboxylic acids is 1. The van der Waals surface area contributed by atoms with E-state index in [9.17, 15) is 9.90 Å². The molecule has 0 bridgehead atoms. The van der Waals surface area contributed by atoms with Crippen molar-refractivity contribution < 1.29 is 15.0 Å². The Morgan fingerprint density at radius 3 is 2.94 bits per heavy atom. The Hall–Kier alpha value is -2.28. The average Bonchev–Trinajstić information content (AvgIpc) is 2.82. The largest absolute Gasteiger partial charge is 0.481 e. The number of rotatable bonds is 4. The van der Waals surface area contributed by atoms with Gasteiger partial charge >= 0.3 is 5.97 Å². The summed E-state index contributed by atoms with van der Waals surface area (Å²) in [4.78, 5) is 10.5. The van der Waals surface area contributed by atoms with Crippen LogP contribution in [-0.2, 0) is 4.79 Å². The van der Waals surface area contributed by atoms with E-state index < -0.39 is 12.1 Å². The van der Waals surface area contributed by atoms with Gasteiger partial charge in [0.1, 0.15) is 0 Å². The lowest BCUT2D eigenvalue weighted by molar-refractivity contribution is -0.139. The fraction of sp³-hybridized carbons (Fsp3) is 0.200. The molecular formula is C10H10N4O3. The summed E-state index contributed by atoms with van der Waals surface area (Å²) in [6, 6.07) is 6.74. The van der Waals surface area contributed by atoms with E-state index in [0.29, 0.717) is 17.0 Å². The van der Waals surface area contributed by atoms with Crippen molar-refractivity contribution in [3.63, 3.8) is 0 Å². The molecule has 0 amide bonds. The molecule has 3 N–H and O–H groups in total. The van der Waals surface area contributed by atoms with Gasteiger partial charge in [-0.1, -0.05) is 18.2 Å². The molecule has 0 saturated heterocycles. The minimum atomic E-state index is -1.05. The molecule has 7 heteroatoms. The zero-order chi connectivity index (χ0) is 12.3. The predicted molar refractivity (Wildman–Crippen MR) is 56.8 cm³/mol. The number of aromatic amines is 1. The van der Waals surface area contributed by atoms with Gasteiger partial charge < -0.3 is 10.2 Å². The number of nitrogens with one attached hydrogen (secondary N) is 1. The zero-order valence-electron chi connectivity index (χ0n) is 8.74. The van der Waals surface area contributed by atoms with Crippen LogP contribution in [0.5, 0.6) is 0 Å². The van der Waals surface area contributed by atoms with Crippen molar-refractivity contribution in [2.75, 3.05) is 0 Å². The summed E-state index contributed by atoms with van der Waals surface area (Å²) < 4.78 is 0. The van der Waals surface area contributed by atoms with Crippen LogP contribution in [0.15, 0.2) is 24.3 Å². The van der Waals surface area contributed by atoms with Crippen LogP contribution < -0.4 is 0 Å². The second-order valence-electron chi connectivity index (χ2n) is 3.47. The number of aliphatic hydroxyl groups excluding tert-OH is 1. The van der Waals surface area contributed by atoms with Crippen molar-refractivity contribution in [1.82, 2.24) is 20.6 Å². The van der Waals surface area contributed by atoms with Crippen molar-refractivity contribution in [2.24, 2.45) is 0 Å². The number of nitrogens with zero attached hydrogens (tertiary/aromatic N) is 3. The molecule has 1 heterocycles. The van der Waals surface area contributed by atoms with E-state index in [1.165, 1.54) is 0 Å². The molecule has 17 heavy (non-hydrogen) atoms. The predicted octanol–water partition coefficient (Wildman–Crippen LogP) is 0.375. The van der Waals surface area contributed by atoms with Gasteiger partial charge in [-0.05, 0) is 16.8 Å². The van der Waals surface area contributed by atoms with E-state index in [0.717, 1.165) is 0 Å². The summed E-state index contributed by atoms with van der Waals surface area (Å²) >= 11 is 0. The van der Waals surface area contributed by atoms with Gasteiger partial charge in [0.05, 0.1) is 12.5 Å². The summed E-state index contributed by atoms with van der Waals surface area (Å²) in [6.45, 7) is 0. The Balaban J connectivity index is 2.25. The first-order valence-corrected chi connectivity index (χ1v) is 4.90. The standard InChI is InChI=1S/C10H10N4O3/c15-8(5-9(16)17)6-2-1-3-7(4-6)10-11-13-14-12-10/h1-4,8,15H,5H2,(H,16,17)(H,11,12,13,14)/t8-/m1/s1. The molecule has 2 aromatic rings. The molecule has 1 aromatic carbocycles. The Bertz CT molecular complexity index is 512. The zero-order valence-corrected chi connectivity index (χ0v) is 8.74. The van der Waals surface area contributed by atoms with E-state index in [2.05, 4.69) is 20.6 Å². The molecule has 0 aliphatic rings. The van der Waals surface area contributed by atoms with Crippen LogP contribution >= 0.6 is 0 Å². The minimum Gasteiger partial charge on any atom is -0.481 e. The van der Waals surface area contributed by atoms with Crippen molar-refractivity contribution in [3.05, 3.63) is 29.8 Å². The maximum Gasteiger partial charge on any atom is 0.306 e. The number of benzene rings is 1. The highest BCUT2D eigenvalue weighted by Gasteiger charge is 2.13. The van der Waals surface area contributed by atoms with E-state index in [-0.39, 0.29) is 6.42 Å². The van der Waals surface area contributed by atoms with Crippen molar-refractivity contribution in [3.8, 4) is 11.4 Å². The first kappa shape index (κ1) is 11.2. The third-order valence-electron chi connectivity index (χ3n) is 2.24. The summed E-state index contributed by atoms with van der Waals surface area (Å²) in [5.74, 6) is -0.656. The molecule has 1 aromatic heterocycles. The topological polar surface area (TPSA) is 112 Å². The maximum absolute atomic E-state index is 10.5. The lowest BCUT2D eigenvalue weighted by atomic mass is 10.0. The molecule has 7 nitrogen and oxygen atoms in total. The first-order valence-electron chi connectivity index (χ1n) is 4.90. The Morgan fingerprint density at radius 1 is 1.47 bits per heavy atom. The minimum absolute atomic E-state index is 0.338. The van der Waals surface area contributed by atoms with E-state index >= 15 is 0 Å². The maximum atomic E-state index is 10.5. The van der Waals surface area contributed by atoms with Crippen LogP contribution in [0.1, 0.15) is 18.1 Å². The van der Waals surface area contributed by atoms with Crippen molar-refractivity contribution in [1.29, 1.82) is 0 Å². The number of aliphatic carboxylic acids is 1. The SMILES string of the molecule is O=C(O)C[C@@H](O)c1cccc(-c2nn[nH]n2)c1. The monoisotopic (exact) mass is 234 g/mol. The Morgan fingerprint density at radius 2 is 2.29 bits per heavy atom. The summed E-state index contributed by atoms with van der Waals surface area (Å²) in [6.07, 6.45) is -1.38. The van der Waals surface area contributed by atoms with Crippen molar-refractivity contribution in [2.45, 2.75) is 12.5 Å². The number of aliphatic hydroxyl groups is 1. The fourth-order valence-corrected chi connectivity index (χ4v) is 1.45. The van der Waals surface area contributed by atoms with Gasteiger partial charge in [-0.25, -0.2) is 0 Å². The lowest BCUT2D eigenvalue weighted by Gasteiger charge is -2.08. The lowest BCUT2D eigenvalue weighted by Crippen LogP contribution is -2.05. The number of hydrogen-bond donors (Lipinski definition) is 3. The third-order valence-corrected chi connectivity index (χ3v) is 2.24. The number of carbonyl (C=O) groups is 1. The normalized spacial score (nSPS) is 12.3. The van der Waals surface area contributed by atoms with E-state index in [1.54, 1.807) is 24.3 Å². The Labute approximate surface area is 96.1 Å². The summed E-state index contributed by atoms with van der Waals surface area (Å²) in [5, 5.41) is 31.6. The molecule has 0 fully saturated rings. The van der Waals surface area contributed by atoms with Crippen molar-refractivity contribution >= 4 is 5.97 Å². The number of H-pyrrole nitrogens is 1. The molecule has 2 rings (SSSR count). The molecule has 0 aliphatic heterocycles. The number of aromatic nitrogens is 4. The molecule has 0 radical (unpaired) electrons. The van der Waals surface area contributed by atoms with Crippen LogP contribution in [0, 0.1) is 0 Å². The van der Waals surface area contributed by atoms with Crippen LogP contribution in [-0.4, -0.2) is 36.8 Å². The van der Waals surface area contributed by atoms with Crippen LogP contribution in [0.2, 0.25) is 0 Å². The third kappa shape index (κ3) is 2.64. The molecule has 88 valence electrons. The molecule has 0 unspecified atom stereocenters. The molecule has 0 aliphatic carbocycles. The molecule has 1 atom stereocenters. The highest BCUT2D eigenvalue weighted by atomic mass is 16.4. The Kier molecular flexibility index (Phi) is 3.10. The second-order valence-corrected chi connectivity index (χ2v) is 3.47. The highest BCUT2D eigenvalue weighted by molar-refractivity contribution is 5.68. The fourth-order valence-electron chi connectivity index (χ4n) is 1.45. The summed E-state index contributed by atoms with van der Waals surface area (Å²) in [5.41, 5.74) is 1.18.